The zero-order chi connectivity index (χ0) is 22.6. The molecule has 0 unspecified atom stereocenters. The topological polar surface area (TPSA) is 72.9 Å². The van der Waals surface area contributed by atoms with Gasteiger partial charge >= 0.3 is 0 Å². The van der Waals surface area contributed by atoms with Crippen LogP contribution in [0.5, 0.6) is 0 Å². The summed E-state index contributed by atoms with van der Waals surface area (Å²) in [7, 11) is 0. The highest BCUT2D eigenvalue weighted by Gasteiger charge is 2.25. The number of hydrogen-bond donors (Lipinski definition) is 0. The summed E-state index contributed by atoms with van der Waals surface area (Å²) in [6, 6.07) is 14.2. The molecule has 0 saturated carbocycles. The van der Waals surface area contributed by atoms with Crippen LogP contribution in [-0.2, 0) is 9.59 Å². The van der Waals surface area contributed by atoms with Crippen LogP contribution in [0.15, 0.2) is 48.7 Å². The number of nitrogens with zero attached hydrogens (tertiary/aromatic N) is 6. The Balaban J connectivity index is 1.05. The molecule has 2 amide bonds. The summed E-state index contributed by atoms with van der Waals surface area (Å²) in [4.78, 5) is 43.6. The van der Waals surface area contributed by atoms with Crippen LogP contribution >= 0.6 is 11.3 Å². The molecule has 2 fully saturated rings. The Bertz CT molecular complexity index is 1070. The zero-order valence-corrected chi connectivity index (χ0v) is 19.4. The molecular formula is C24H28N6O2S. The molecule has 9 heteroatoms. The van der Waals surface area contributed by atoms with Gasteiger partial charge in [0.05, 0.1) is 0 Å². The Kier molecular flexibility index (Phi) is 6.39. The molecular weight excluding hydrogens is 436 g/mol. The fourth-order valence-corrected chi connectivity index (χ4v) is 5.38. The van der Waals surface area contributed by atoms with Crippen molar-refractivity contribution in [1.82, 2.24) is 19.8 Å². The third kappa shape index (κ3) is 4.93. The average molecular weight is 465 g/mol. The number of para-hydroxylation sites is 1. The number of thiazole rings is 1. The van der Waals surface area contributed by atoms with E-state index in [1.807, 2.05) is 40.1 Å². The maximum Gasteiger partial charge on any atom is 0.223 e. The molecule has 4 heterocycles. The maximum atomic E-state index is 12.7. The Hall–Kier alpha value is -3.20. The quantitative estimate of drug-likeness (QED) is 0.578. The van der Waals surface area contributed by atoms with E-state index in [1.54, 1.807) is 17.5 Å². The van der Waals surface area contributed by atoms with Crippen LogP contribution in [0.3, 0.4) is 0 Å². The first-order valence-electron chi connectivity index (χ1n) is 11.5. The second-order valence-electron chi connectivity index (χ2n) is 8.40. The lowest BCUT2D eigenvalue weighted by atomic mass is 10.2. The number of rotatable bonds is 5. The largest absolute Gasteiger partial charge is 0.368 e. The molecule has 0 bridgehead atoms. The summed E-state index contributed by atoms with van der Waals surface area (Å²) in [6.07, 6.45) is 2.35. The molecule has 0 atom stereocenters. The number of benzene rings is 1. The summed E-state index contributed by atoms with van der Waals surface area (Å²) in [6.45, 7) is 5.88. The number of carbonyl (C=O) groups excluding carboxylic acids is 2. The fraction of sp³-hybridized carbons (Fsp3) is 0.417. The molecule has 8 nitrogen and oxygen atoms in total. The predicted molar refractivity (Wildman–Crippen MR) is 131 cm³/mol. The van der Waals surface area contributed by atoms with E-state index in [4.69, 9.17) is 0 Å². The Labute approximate surface area is 197 Å². The molecule has 0 spiro atoms. The minimum atomic E-state index is 0.0666. The Morgan fingerprint density at radius 1 is 0.758 bits per heavy atom. The third-order valence-electron chi connectivity index (χ3n) is 6.36. The highest BCUT2D eigenvalue weighted by atomic mass is 32.1. The molecule has 2 aromatic heterocycles. The van der Waals surface area contributed by atoms with E-state index in [1.165, 1.54) is 5.69 Å². The van der Waals surface area contributed by atoms with Crippen molar-refractivity contribution in [3.8, 4) is 0 Å². The van der Waals surface area contributed by atoms with Crippen molar-refractivity contribution >= 4 is 44.3 Å². The predicted octanol–water partition coefficient (Wildman–Crippen LogP) is 2.47. The van der Waals surface area contributed by atoms with E-state index in [2.05, 4.69) is 31.9 Å². The van der Waals surface area contributed by atoms with Crippen molar-refractivity contribution in [2.75, 3.05) is 62.2 Å². The van der Waals surface area contributed by atoms with Crippen LogP contribution in [0, 0.1) is 0 Å². The van der Waals surface area contributed by atoms with Gasteiger partial charge in [0.25, 0.3) is 0 Å². The number of aromatic nitrogens is 2. The van der Waals surface area contributed by atoms with Crippen LogP contribution < -0.4 is 9.80 Å². The monoisotopic (exact) mass is 464 g/mol. The van der Waals surface area contributed by atoms with Gasteiger partial charge in [-0.25, -0.2) is 9.97 Å². The van der Waals surface area contributed by atoms with Crippen molar-refractivity contribution in [3.05, 3.63) is 48.7 Å². The highest BCUT2D eigenvalue weighted by Crippen LogP contribution is 2.27. The van der Waals surface area contributed by atoms with Gasteiger partial charge in [0.2, 0.25) is 11.8 Å². The second kappa shape index (κ2) is 9.74. The first-order valence-corrected chi connectivity index (χ1v) is 12.3. The van der Waals surface area contributed by atoms with Crippen LogP contribution in [0.25, 0.3) is 10.3 Å². The van der Waals surface area contributed by atoms with Gasteiger partial charge in [0, 0.05) is 77.1 Å². The lowest BCUT2D eigenvalue weighted by molar-refractivity contribution is -0.137. The van der Waals surface area contributed by atoms with Crippen molar-refractivity contribution in [1.29, 1.82) is 0 Å². The van der Waals surface area contributed by atoms with E-state index in [0.29, 0.717) is 26.2 Å². The van der Waals surface area contributed by atoms with Gasteiger partial charge in [-0.2, -0.15) is 0 Å². The van der Waals surface area contributed by atoms with Gasteiger partial charge in [-0.1, -0.05) is 29.5 Å². The molecule has 5 rings (SSSR count). The van der Waals surface area contributed by atoms with Crippen LogP contribution in [0.1, 0.15) is 12.8 Å². The first-order chi connectivity index (χ1) is 16.2. The molecule has 2 aliphatic rings. The van der Waals surface area contributed by atoms with E-state index in [-0.39, 0.29) is 24.7 Å². The Morgan fingerprint density at radius 2 is 1.36 bits per heavy atom. The van der Waals surface area contributed by atoms with Gasteiger partial charge in [0.1, 0.15) is 10.3 Å². The fourth-order valence-electron chi connectivity index (χ4n) is 4.42. The number of carbonyl (C=O) groups is 2. The standard InChI is InChI=1S/C24H28N6O2S/c31-21(28-13-11-27(12-14-28)19-5-2-1-3-6-19)8-9-22(32)29-15-17-30(18-16-29)24-26-20-7-4-10-25-23(20)33-24/h1-7,10H,8-9,11-18H2. The summed E-state index contributed by atoms with van der Waals surface area (Å²) < 4.78 is 0. The van der Waals surface area contributed by atoms with Crippen molar-refractivity contribution in [3.63, 3.8) is 0 Å². The number of fused-ring (bicyclic) bond motifs is 1. The van der Waals surface area contributed by atoms with Gasteiger partial charge in [-0.05, 0) is 24.3 Å². The molecule has 2 saturated heterocycles. The highest BCUT2D eigenvalue weighted by molar-refractivity contribution is 7.21. The first kappa shape index (κ1) is 21.6. The lowest BCUT2D eigenvalue weighted by Crippen LogP contribution is -2.50. The lowest BCUT2D eigenvalue weighted by Gasteiger charge is -2.36. The third-order valence-corrected chi connectivity index (χ3v) is 7.40. The van der Waals surface area contributed by atoms with Crippen molar-refractivity contribution in [2.45, 2.75) is 12.8 Å². The van der Waals surface area contributed by atoms with Crippen LogP contribution in [0.2, 0.25) is 0 Å². The number of piperazine rings is 2. The number of anilines is 2. The van der Waals surface area contributed by atoms with Gasteiger partial charge < -0.3 is 19.6 Å². The van der Waals surface area contributed by atoms with E-state index < -0.39 is 0 Å². The van der Waals surface area contributed by atoms with Gasteiger partial charge in [0.15, 0.2) is 5.13 Å². The van der Waals surface area contributed by atoms with Crippen LogP contribution in [-0.4, -0.2) is 83.9 Å². The molecule has 0 radical (unpaired) electrons. The molecule has 2 aliphatic heterocycles. The molecule has 0 N–H and O–H groups in total. The van der Waals surface area contributed by atoms with Crippen LogP contribution in [0.4, 0.5) is 10.8 Å². The maximum absolute atomic E-state index is 12.7. The smallest absolute Gasteiger partial charge is 0.223 e. The summed E-state index contributed by atoms with van der Waals surface area (Å²) >= 11 is 1.59. The molecule has 0 aliphatic carbocycles. The van der Waals surface area contributed by atoms with E-state index >= 15 is 0 Å². The molecule has 1 aromatic carbocycles. The van der Waals surface area contributed by atoms with Gasteiger partial charge in [-0.15, -0.1) is 0 Å². The summed E-state index contributed by atoms with van der Waals surface area (Å²) in [5.41, 5.74) is 2.11. The number of pyridine rings is 1. The molecule has 172 valence electrons. The number of hydrogen-bond acceptors (Lipinski definition) is 7. The van der Waals surface area contributed by atoms with E-state index in [0.717, 1.165) is 41.7 Å². The minimum Gasteiger partial charge on any atom is -0.368 e. The zero-order valence-electron chi connectivity index (χ0n) is 18.6. The second-order valence-corrected chi connectivity index (χ2v) is 9.35. The summed E-state index contributed by atoms with van der Waals surface area (Å²) in [5, 5.41) is 0.959. The van der Waals surface area contributed by atoms with Crippen molar-refractivity contribution < 1.29 is 9.59 Å². The SMILES string of the molecule is O=C(CCC(=O)N1CCN(c2nc3cccnc3s2)CC1)N1CCN(c2ccccc2)CC1. The van der Waals surface area contributed by atoms with Crippen molar-refractivity contribution in [2.24, 2.45) is 0 Å². The Morgan fingerprint density at radius 3 is 1.97 bits per heavy atom. The molecule has 33 heavy (non-hydrogen) atoms. The normalized spacial score (nSPS) is 17.0. The minimum absolute atomic E-state index is 0.0666. The molecule has 3 aromatic rings. The van der Waals surface area contributed by atoms with Gasteiger partial charge in [-0.3, -0.25) is 9.59 Å². The average Bonchev–Trinajstić information content (AvgIpc) is 3.32. The summed E-state index contributed by atoms with van der Waals surface area (Å²) in [5.74, 6) is 0.147. The van der Waals surface area contributed by atoms with E-state index in [9.17, 15) is 9.59 Å². The number of amides is 2.